The number of aryl methyl sites for hydroxylation is 1. The van der Waals surface area contributed by atoms with Gasteiger partial charge in [0.25, 0.3) is 0 Å². The van der Waals surface area contributed by atoms with Crippen LogP contribution in [0.4, 0.5) is 0 Å². The third-order valence-corrected chi connectivity index (χ3v) is 1.63. The minimum absolute atomic E-state index is 0.537. The number of aromatic nitrogens is 1. The summed E-state index contributed by atoms with van der Waals surface area (Å²) < 4.78 is 4.95. The van der Waals surface area contributed by atoms with E-state index in [9.17, 15) is 0 Å². The van der Waals surface area contributed by atoms with E-state index >= 15 is 0 Å². The maximum Gasteiger partial charge on any atom is 0.154 e. The lowest BCUT2D eigenvalue weighted by molar-refractivity contribution is 0.411. The molecule has 1 heterocycles. The van der Waals surface area contributed by atoms with Crippen molar-refractivity contribution in [2.75, 3.05) is 7.11 Å². The zero-order valence-electron chi connectivity index (χ0n) is 7.16. The van der Waals surface area contributed by atoms with Crippen LogP contribution in [0, 0.1) is 11.3 Å². The molecule has 0 amide bonds. The van der Waals surface area contributed by atoms with Gasteiger partial charge >= 0.3 is 0 Å². The molecule has 3 heteroatoms. The van der Waals surface area contributed by atoms with Gasteiger partial charge in [0.05, 0.1) is 18.9 Å². The van der Waals surface area contributed by atoms with Gasteiger partial charge in [-0.1, -0.05) is 6.92 Å². The van der Waals surface area contributed by atoms with Gasteiger partial charge in [-0.05, 0) is 12.5 Å². The SMILES string of the molecule is CCc1cc(C#N)c(OC)cn1. The summed E-state index contributed by atoms with van der Waals surface area (Å²) >= 11 is 0. The highest BCUT2D eigenvalue weighted by Crippen LogP contribution is 2.16. The molecule has 1 aromatic rings. The first kappa shape index (κ1) is 8.54. The van der Waals surface area contributed by atoms with Gasteiger partial charge in [-0.3, -0.25) is 4.98 Å². The number of hydrogen-bond acceptors (Lipinski definition) is 3. The number of pyridine rings is 1. The van der Waals surface area contributed by atoms with Crippen LogP contribution in [-0.2, 0) is 6.42 Å². The molecular weight excluding hydrogens is 152 g/mol. The van der Waals surface area contributed by atoms with Crippen LogP contribution in [-0.4, -0.2) is 12.1 Å². The van der Waals surface area contributed by atoms with Crippen LogP contribution in [0.5, 0.6) is 5.75 Å². The summed E-state index contributed by atoms with van der Waals surface area (Å²) in [6, 6.07) is 3.81. The topological polar surface area (TPSA) is 45.9 Å². The number of ether oxygens (including phenoxy) is 1. The lowest BCUT2D eigenvalue weighted by Gasteiger charge is -2.02. The molecule has 3 nitrogen and oxygen atoms in total. The van der Waals surface area contributed by atoms with E-state index in [0.717, 1.165) is 12.1 Å². The third-order valence-electron chi connectivity index (χ3n) is 1.63. The average Bonchev–Trinajstić information content (AvgIpc) is 2.16. The van der Waals surface area contributed by atoms with Gasteiger partial charge in [-0.25, -0.2) is 0 Å². The molecule has 0 aliphatic heterocycles. The summed E-state index contributed by atoms with van der Waals surface area (Å²) in [6.45, 7) is 2.00. The summed E-state index contributed by atoms with van der Waals surface area (Å²) in [4.78, 5) is 4.10. The molecule has 0 spiro atoms. The summed E-state index contributed by atoms with van der Waals surface area (Å²) in [5.41, 5.74) is 1.46. The van der Waals surface area contributed by atoms with Crippen LogP contribution >= 0.6 is 0 Å². The molecule has 62 valence electrons. The smallest absolute Gasteiger partial charge is 0.154 e. The second kappa shape index (κ2) is 3.72. The first-order valence-corrected chi connectivity index (χ1v) is 3.74. The molecule has 0 bridgehead atoms. The molecular formula is C9H10N2O. The fraction of sp³-hybridized carbons (Fsp3) is 0.333. The molecule has 0 N–H and O–H groups in total. The lowest BCUT2D eigenvalue weighted by Crippen LogP contribution is -1.93. The molecule has 0 saturated carbocycles. The molecule has 12 heavy (non-hydrogen) atoms. The van der Waals surface area contributed by atoms with E-state index in [-0.39, 0.29) is 0 Å². The van der Waals surface area contributed by atoms with Crippen molar-refractivity contribution >= 4 is 0 Å². The van der Waals surface area contributed by atoms with Crippen molar-refractivity contribution in [3.8, 4) is 11.8 Å². The number of rotatable bonds is 2. The van der Waals surface area contributed by atoms with Gasteiger partial charge in [0.2, 0.25) is 0 Å². The summed E-state index contributed by atoms with van der Waals surface area (Å²) in [5, 5.41) is 8.71. The van der Waals surface area contributed by atoms with Crippen molar-refractivity contribution in [2.45, 2.75) is 13.3 Å². The fourth-order valence-electron chi connectivity index (χ4n) is 0.929. The average molecular weight is 162 g/mol. The Morgan fingerprint density at radius 1 is 1.67 bits per heavy atom. The molecule has 0 aliphatic rings. The quantitative estimate of drug-likeness (QED) is 0.662. The molecule has 0 aliphatic carbocycles. The predicted octanol–water partition coefficient (Wildman–Crippen LogP) is 1.52. The van der Waals surface area contributed by atoms with Gasteiger partial charge in [-0.15, -0.1) is 0 Å². The monoisotopic (exact) mass is 162 g/mol. The Labute approximate surface area is 71.6 Å². The summed E-state index contributed by atoms with van der Waals surface area (Å²) in [6.07, 6.45) is 2.41. The van der Waals surface area contributed by atoms with E-state index in [1.165, 1.54) is 7.11 Å². The van der Waals surface area contributed by atoms with Crippen LogP contribution < -0.4 is 4.74 Å². The van der Waals surface area contributed by atoms with E-state index in [4.69, 9.17) is 10.00 Å². The Morgan fingerprint density at radius 2 is 2.42 bits per heavy atom. The van der Waals surface area contributed by atoms with E-state index in [0.29, 0.717) is 11.3 Å². The number of nitrogens with zero attached hydrogens (tertiary/aromatic N) is 2. The van der Waals surface area contributed by atoms with E-state index < -0.39 is 0 Å². The van der Waals surface area contributed by atoms with Crippen molar-refractivity contribution in [1.29, 1.82) is 5.26 Å². The lowest BCUT2D eigenvalue weighted by atomic mass is 10.2. The van der Waals surface area contributed by atoms with Gasteiger partial charge in [0.1, 0.15) is 6.07 Å². The normalized spacial score (nSPS) is 9.08. The highest BCUT2D eigenvalue weighted by Gasteiger charge is 2.02. The van der Waals surface area contributed by atoms with Crippen LogP contribution in [0.1, 0.15) is 18.2 Å². The van der Waals surface area contributed by atoms with Crippen molar-refractivity contribution in [1.82, 2.24) is 4.98 Å². The maximum atomic E-state index is 8.71. The van der Waals surface area contributed by atoms with Crippen molar-refractivity contribution in [3.63, 3.8) is 0 Å². The molecule has 0 radical (unpaired) electrons. The highest BCUT2D eigenvalue weighted by molar-refractivity contribution is 5.42. The first-order chi connectivity index (χ1) is 5.81. The van der Waals surface area contributed by atoms with Crippen LogP contribution in [0.3, 0.4) is 0 Å². The van der Waals surface area contributed by atoms with Gasteiger partial charge in [-0.2, -0.15) is 5.26 Å². The van der Waals surface area contributed by atoms with Gasteiger partial charge < -0.3 is 4.74 Å². The van der Waals surface area contributed by atoms with Crippen molar-refractivity contribution in [3.05, 3.63) is 23.5 Å². The molecule has 0 unspecified atom stereocenters. The second-order valence-electron chi connectivity index (χ2n) is 2.34. The fourth-order valence-corrected chi connectivity index (χ4v) is 0.929. The molecule has 1 aromatic heterocycles. The Balaban J connectivity index is 3.13. The second-order valence-corrected chi connectivity index (χ2v) is 2.34. The number of hydrogen-bond donors (Lipinski definition) is 0. The largest absolute Gasteiger partial charge is 0.494 e. The Kier molecular flexibility index (Phi) is 2.65. The van der Waals surface area contributed by atoms with Crippen LogP contribution in [0.15, 0.2) is 12.3 Å². The zero-order valence-corrected chi connectivity index (χ0v) is 7.16. The van der Waals surface area contributed by atoms with E-state index in [1.807, 2.05) is 6.92 Å². The third kappa shape index (κ3) is 1.54. The molecule has 0 fully saturated rings. The number of methoxy groups -OCH3 is 1. The van der Waals surface area contributed by atoms with Crippen molar-refractivity contribution < 1.29 is 4.74 Å². The molecule has 1 rings (SSSR count). The molecule has 0 atom stereocenters. The van der Waals surface area contributed by atoms with Gasteiger partial charge in [0, 0.05) is 5.69 Å². The van der Waals surface area contributed by atoms with E-state index in [2.05, 4.69) is 11.1 Å². The minimum Gasteiger partial charge on any atom is -0.494 e. The zero-order chi connectivity index (χ0) is 8.97. The Morgan fingerprint density at radius 3 is 2.92 bits per heavy atom. The standard InChI is InChI=1S/C9H10N2O/c1-3-8-4-7(5-10)9(12-2)6-11-8/h4,6H,3H2,1-2H3. The maximum absolute atomic E-state index is 8.71. The van der Waals surface area contributed by atoms with E-state index in [1.54, 1.807) is 12.3 Å². The molecule has 0 aromatic carbocycles. The predicted molar refractivity (Wildman–Crippen MR) is 44.9 cm³/mol. The summed E-state index contributed by atoms with van der Waals surface area (Å²) in [5.74, 6) is 0.537. The van der Waals surface area contributed by atoms with Crippen molar-refractivity contribution in [2.24, 2.45) is 0 Å². The van der Waals surface area contributed by atoms with Crippen LogP contribution in [0.25, 0.3) is 0 Å². The first-order valence-electron chi connectivity index (χ1n) is 3.74. The number of nitriles is 1. The van der Waals surface area contributed by atoms with Gasteiger partial charge in [0.15, 0.2) is 5.75 Å². The Bertz CT molecular complexity index is 315. The Hall–Kier alpha value is -1.56. The molecule has 0 saturated heterocycles. The summed E-state index contributed by atoms with van der Waals surface area (Å²) in [7, 11) is 1.53. The minimum atomic E-state index is 0.537. The highest BCUT2D eigenvalue weighted by atomic mass is 16.5. The van der Waals surface area contributed by atoms with Crippen LogP contribution in [0.2, 0.25) is 0 Å².